The molecular formula is C19H19N3O2. The molecular weight excluding hydrogens is 302 g/mol. The van der Waals surface area contributed by atoms with Crippen molar-refractivity contribution in [1.82, 2.24) is 9.78 Å². The van der Waals surface area contributed by atoms with Gasteiger partial charge in [0, 0.05) is 12.3 Å². The Kier molecular flexibility index (Phi) is 4.91. The van der Waals surface area contributed by atoms with Gasteiger partial charge in [-0.3, -0.25) is 9.48 Å². The van der Waals surface area contributed by atoms with Crippen molar-refractivity contribution in [3.05, 3.63) is 78.0 Å². The molecule has 3 rings (SSSR count). The van der Waals surface area contributed by atoms with Crippen LogP contribution in [0.3, 0.4) is 0 Å². The van der Waals surface area contributed by atoms with E-state index in [0.717, 1.165) is 11.1 Å². The second-order valence-corrected chi connectivity index (χ2v) is 5.49. The molecule has 0 atom stereocenters. The monoisotopic (exact) mass is 321 g/mol. The van der Waals surface area contributed by atoms with Gasteiger partial charge in [-0.25, -0.2) is 0 Å². The molecule has 0 saturated heterocycles. The SMILES string of the molecule is Cc1ccccc1OCC(=O)Nc1ccn(Cc2ccccc2)n1. The number of ether oxygens (including phenoxy) is 1. The fourth-order valence-corrected chi connectivity index (χ4v) is 2.33. The van der Waals surface area contributed by atoms with Gasteiger partial charge in [0.2, 0.25) is 0 Å². The summed E-state index contributed by atoms with van der Waals surface area (Å²) in [6.45, 7) is 2.56. The molecule has 3 aromatic rings. The van der Waals surface area contributed by atoms with Crippen LogP contribution >= 0.6 is 0 Å². The van der Waals surface area contributed by atoms with E-state index < -0.39 is 0 Å². The van der Waals surface area contributed by atoms with Crippen molar-refractivity contribution in [2.75, 3.05) is 11.9 Å². The average Bonchev–Trinajstić information content (AvgIpc) is 3.02. The van der Waals surface area contributed by atoms with Crippen molar-refractivity contribution >= 4 is 11.7 Å². The molecule has 0 unspecified atom stereocenters. The lowest BCUT2D eigenvalue weighted by molar-refractivity contribution is -0.118. The van der Waals surface area contributed by atoms with Gasteiger partial charge in [0.05, 0.1) is 6.54 Å². The van der Waals surface area contributed by atoms with Crippen LogP contribution in [0.1, 0.15) is 11.1 Å². The molecule has 0 aliphatic heterocycles. The number of aryl methyl sites for hydroxylation is 1. The normalized spacial score (nSPS) is 10.4. The number of para-hydroxylation sites is 1. The zero-order valence-corrected chi connectivity index (χ0v) is 13.5. The molecule has 0 aliphatic carbocycles. The van der Waals surface area contributed by atoms with Crippen LogP contribution in [0.2, 0.25) is 0 Å². The van der Waals surface area contributed by atoms with E-state index in [2.05, 4.69) is 10.4 Å². The lowest BCUT2D eigenvalue weighted by atomic mass is 10.2. The number of aromatic nitrogens is 2. The number of hydrogen-bond acceptors (Lipinski definition) is 3. The van der Waals surface area contributed by atoms with E-state index in [-0.39, 0.29) is 12.5 Å². The maximum atomic E-state index is 12.0. The molecule has 5 heteroatoms. The largest absolute Gasteiger partial charge is 0.483 e. The second-order valence-electron chi connectivity index (χ2n) is 5.49. The molecule has 1 aromatic heterocycles. The highest BCUT2D eigenvalue weighted by molar-refractivity contribution is 5.90. The third kappa shape index (κ3) is 4.23. The van der Waals surface area contributed by atoms with Crippen LogP contribution in [0.15, 0.2) is 66.9 Å². The van der Waals surface area contributed by atoms with Crippen molar-refractivity contribution in [3.63, 3.8) is 0 Å². The van der Waals surface area contributed by atoms with Gasteiger partial charge >= 0.3 is 0 Å². The minimum absolute atomic E-state index is 0.0452. The third-order valence-electron chi connectivity index (χ3n) is 3.55. The number of carbonyl (C=O) groups excluding carboxylic acids is 1. The number of rotatable bonds is 6. The van der Waals surface area contributed by atoms with E-state index in [1.165, 1.54) is 0 Å². The molecule has 1 amide bonds. The topological polar surface area (TPSA) is 56.1 Å². The van der Waals surface area contributed by atoms with Gasteiger partial charge in [0.1, 0.15) is 5.75 Å². The number of hydrogen-bond donors (Lipinski definition) is 1. The summed E-state index contributed by atoms with van der Waals surface area (Å²) < 4.78 is 7.31. The molecule has 1 heterocycles. The van der Waals surface area contributed by atoms with Crippen molar-refractivity contribution < 1.29 is 9.53 Å². The quantitative estimate of drug-likeness (QED) is 0.758. The summed E-state index contributed by atoms with van der Waals surface area (Å²) in [4.78, 5) is 12.0. The van der Waals surface area contributed by atoms with E-state index in [1.807, 2.05) is 67.7 Å². The van der Waals surface area contributed by atoms with Crippen LogP contribution in [0, 0.1) is 6.92 Å². The average molecular weight is 321 g/mol. The lowest BCUT2D eigenvalue weighted by Gasteiger charge is -2.08. The highest BCUT2D eigenvalue weighted by Crippen LogP contribution is 2.16. The molecule has 0 spiro atoms. The van der Waals surface area contributed by atoms with Crippen LogP contribution in [0.5, 0.6) is 5.75 Å². The van der Waals surface area contributed by atoms with Crippen molar-refractivity contribution in [3.8, 4) is 5.75 Å². The predicted octanol–water partition coefficient (Wildman–Crippen LogP) is 3.26. The van der Waals surface area contributed by atoms with E-state index in [9.17, 15) is 4.79 Å². The molecule has 0 saturated carbocycles. The smallest absolute Gasteiger partial charge is 0.263 e. The minimum Gasteiger partial charge on any atom is -0.483 e. The van der Waals surface area contributed by atoms with Crippen LogP contribution in [0.4, 0.5) is 5.82 Å². The number of benzene rings is 2. The number of anilines is 1. The highest BCUT2D eigenvalue weighted by Gasteiger charge is 2.07. The fraction of sp³-hybridized carbons (Fsp3) is 0.158. The van der Waals surface area contributed by atoms with Crippen LogP contribution in [-0.2, 0) is 11.3 Å². The fourth-order valence-electron chi connectivity index (χ4n) is 2.33. The third-order valence-corrected chi connectivity index (χ3v) is 3.55. The van der Waals surface area contributed by atoms with E-state index in [0.29, 0.717) is 18.1 Å². The molecule has 1 N–H and O–H groups in total. The summed E-state index contributed by atoms with van der Waals surface area (Å²) in [5.74, 6) is 0.995. The summed E-state index contributed by atoms with van der Waals surface area (Å²) in [6, 6.07) is 19.4. The van der Waals surface area contributed by atoms with E-state index >= 15 is 0 Å². The molecule has 2 aromatic carbocycles. The Morgan fingerprint density at radius 2 is 1.83 bits per heavy atom. The van der Waals surface area contributed by atoms with Gasteiger partial charge in [0.15, 0.2) is 12.4 Å². The number of carbonyl (C=O) groups is 1. The molecule has 0 radical (unpaired) electrons. The molecule has 5 nitrogen and oxygen atoms in total. The van der Waals surface area contributed by atoms with Gasteiger partial charge in [0.25, 0.3) is 5.91 Å². The first-order valence-corrected chi connectivity index (χ1v) is 7.76. The van der Waals surface area contributed by atoms with Gasteiger partial charge in [-0.1, -0.05) is 48.5 Å². The predicted molar refractivity (Wildman–Crippen MR) is 93.1 cm³/mol. The number of nitrogens with zero attached hydrogens (tertiary/aromatic N) is 2. The molecule has 0 aliphatic rings. The van der Waals surface area contributed by atoms with Crippen LogP contribution < -0.4 is 10.1 Å². The summed E-state index contributed by atoms with van der Waals surface area (Å²) in [5, 5.41) is 7.09. The van der Waals surface area contributed by atoms with Crippen molar-refractivity contribution in [2.45, 2.75) is 13.5 Å². The Balaban J connectivity index is 1.53. The summed E-state index contributed by atoms with van der Waals surface area (Å²) in [5.41, 5.74) is 2.15. The van der Waals surface area contributed by atoms with E-state index in [4.69, 9.17) is 4.74 Å². The van der Waals surface area contributed by atoms with Gasteiger partial charge in [-0.2, -0.15) is 5.10 Å². The Morgan fingerprint density at radius 1 is 1.08 bits per heavy atom. The van der Waals surface area contributed by atoms with Gasteiger partial charge < -0.3 is 10.1 Å². The second kappa shape index (κ2) is 7.46. The lowest BCUT2D eigenvalue weighted by Crippen LogP contribution is -2.20. The Morgan fingerprint density at radius 3 is 2.62 bits per heavy atom. The number of amides is 1. The highest BCUT2D eigenvalue weighted by atomic mass is 16.5. The van der Waals surface area contributed by atoms with Crippen LogP contribution in [0.25, 0.3) is 0 Å². The van der Waals surface area contributed by atoms with Gasteiger partial charge in [-0.15, -0.1) is 0 Å². The zero-order chi connectivity index (χ0) is 16.8. The van der Waals surface area contributed by atoms with Gasteiger partial charge in [-0.05, 0) is 24.1 Å². The summed E-state index contributed by atoms with van der Waals surface area (Å²) >= 11 is 0. The minimum atomic E-state index is -0.233. The summed E-state index contributed by atoms with van der Waals surface area (Å²) in [7, 11) is 0. The molecule has 122 valence electrons. The van der Waals surface area contributed by atoms with Crippen molar-refractivity contribution in [1.29, 1.82) is 0 Å². The maximum absolute atomic E-state index is 12.0. The first-order valence-electron chi connectivity index (χ1n) is 7.76. The summed E-state index contributed by atoms with van der Waals surface area (Å²) in [6.07, 6.45) is 1.84. The first-order chi connectivity index (χ1) is 11.7. The number of nitrogens with one attached hydrogen (secondary N) is 1. The molecule has 24 heavy (non-hydrogen) atoms. The maximum Gasteiger partial charge on any atom is 0.263 e. The van der Waals surface area contributed by atoms with Crippen LogP contribution in [-0.4, -0.2) is 22.3 Å². The first kappa shape index (κ1) is 15.8. The zero-order valence-electron chi connectivity index (χ0n) is 13.5. The molecule has 0 bridgehead atoms. The molecule has 0 fully saturated rings. The van der Waals surface area contributed by atoms with E-state index in [1.54, 1.807) is 10.7 Å². The Labute approximate surface area is 140 Å². The Bertz CT molecular complexity index is 812. The standard InChI is InChI=1S/C19H19N3O2/c1-15-7-5-6-10-17(15)24-14-19(23)20-18-11-12-22(21-18)13-16-8-3-2-4-9-16/h2-12H,13-14H2,1H3,(H,20,21,23). The van der Waals surface area contributed by atoms with Crippen molar-refractivity contribution in [2.24, 2.45) is 0 Å². The Hall–Kier alpha value is -3.08.